The zero-order valence-electron chi connectivity index (χ0n) is 83.2. The fourth-order valence-electron chi connectivity index (χ4n) is 16.0. The Morgan fingerprint density at radius 1 is 0.270 bits per heavy atom. The Bertz CT molecular complexity index is 2160. The molecule has 0 aromatic carbocycles. The third-order valence-corrected chi connectivity index (χ3v) is 27.6. The van der Waals surface area contributed by atoms with Gasteiger partial charge in [0.2, 0.25) is 0 Å². The van der Waals surface area contributed by atoms with E-state index in [-0.39, 0.29) is 25.2 Å². The first-order valence-corrected chi connectivity index (χ1v) is 58.4. The van der Waals surface area contributed by atoms with Crippen LogP contribution in [0.4, 0.5) is 0 Å². The maximum atomic E-state index is 13.7. The Morgan fingerprint density at radius 2 is 0.475 bits per heavy atom. The average Bonchev–Trinajstić information content (AvgIpc) is 0.854. The van der Waals surface area contributed by atoms with Crippen LogP contribution in [-0.2, 0) is 46.2 Å². The smallest absolute Gasteiger partial charge is 0.333 e. The van der Waals surface area contributed by atoms with Crippen LogP contribution in [0.5, 0.6) is 0 Å². The Hall–Kier alpha value is -2.07. The van der Waals surface area contributed by atoms with Crippen LogP contribution >= 0.6 is 0 Å². The van der Waals surface area contributed by atoms with Gasteiger partial charge in [-0.3, -0.25) is 19.4 Å². The summed E-state index contributed by atoms with van der Waals surface area (Å²) in [6.07, 6.45) is 97.2. The molecule has 0 spiro atoms. The van der Waals surface area contributed by atoms with Crippen LogP contribution in [0.3, 0.4) is 0 Å². The molecule has 0 amide bonds. The van der Waals surface area contributed by atoms with Crippen molar-refractivity contribution in [2.75, 3.05) is 92.1 Å². The van der Waals surface area contributed by atoms with E-state index in [9.17, 15) is 19.8 Å². The molecule has 0 aliphatic carbocycles. The third-order valence-electron chi connectivity index (χ3n) is 24.2. The van der Waals surface area contributed by atoms with Crippen molar-refractivity contribution in [3.63, 3.8) is 0 Å². The first-order chi connectivity index (χ1) is 59.3. The Balaban J connectivity index is 5.26. The minimum Gasteiger partial charge on any atom is -0.465 e. The Kier molecular flexibility index (Phi) is 88.0. The number of aliphatic hydroxyl groups excluding tert-OH is 2. The molecule has 2 unspecified atom stereocenters. The van der Waals surface area contributed by atoms with Crippen molar-refractivity contribution >= 4 is 29.1 Å². The maximum Gasteiger partial charge on any atom is 0.333 e. The summed E-state index contributed by atoms with van der Waals surface area (Å²) >= 11 is 0. The molecule has 0 aromatic rings. The van der Waals surface area contributed by atoms with Crippen LogP contribution < -0.4 is 0 Å². The summed E-state index contributed by atoms with van der Waals surface area (Å²) < 4.78 is 51.7. The number of hydrogen-bond donors (Lipinski definition) is 2. The lowest BCUT2D eigenvalue weighted by molar-refractivity contribution is -0.165. The Labute approximate surface area is 760 Å². The molecule has 0 bridgehead atoms. The first kappa shape index (κ1) is 120. The molecule has 0 saturated carbocycles. The molecule has 0 saturated heterocycles. The number of esters is 2. The summed E-state index contributed by atoms with van der Waals surface area (Å²) in [5, 5.41) is 20.2. The van der Waals surface area contributed by atoms with Gasteiger partial charge in [-0.25, -0.2) is 0 Å². The van der Waals surface area contributed by atoms with Gasteiger partial charge in [0, 0.05) is 65.4 Å². The van der Waals surface area contributed by atoms with Crippen LogP contribution in [0.2, 0.25) is 26.2 Å². The molecular weight excluding hydrogens is 1550 g/mol. The highest BCUT2D eigenvalue weighted by molar-refractivity contribution is 6.64. The summed E-state index contributed by atoms with van der Waals surface area (Å²) in [7, 11) is -5.28. The van der Waals surface area contributed by atoms with Crippen LogP contribution in [0.15, 0.2) is 48.6 Å². The van der Waals surface area contributed by atoms with Gasteiger partial charge in [0.1, 0.15) is 0 Å². The van der Waals surface area contributed by atoms with Gasteiger partial charge < -0.3 is 46.9 Å². The number of rotatable bonds is 99. The van der Waals surface area contributed by atoms with Crippen molar-refractivity contribution in [3.8, 4) is 0 Å². The van der Waals surface area contributed by atoms with Crippen LogP contribution in [0.25, 0.3) is 0 Å². The molecule has 122 heavy (non-hydrogen) atoms. The van der Waals surface area contributed by atoms with E-state index in [0.29, 0.717) is 65.6 Å². The van der Waals surface area contributed by atoms with Gasteiger partial charge in [0.05, 0.1) is 37.3 Å². The lowest BCUT2D eigenvalue weighted by Crippen LogP contribution is -2.43. The van der Waals surface area contributed by atoms with Crippen LogP contribution in [0, 0.1) is 10.8 Å². The molecule has 0 heterocycles. The van der Waals surface area contributed by atoms with Gasteiger partial charge in [-0.05, 0) is 221 Å². The lowest BCUT2D eigenvalue weighted by Gasteiger charge is -2.33. The third kappa shape index (κ3) is 83.5. The molecule has 0 aromatic heterocycles. The quantitative estimate of drug-likeness (QED) is 0.0195. The lowest BCUT2D eigenvalue weighted by atomic mass is 9.89. The zero-order chi connectivity index (χ0) is 89.3. The maximum absolute atomic E-state index is 13.7. The number of unbranched alkanes of at least 4 members (excludes halogenated alkanes) is 54. The standard InChI is InChI=1S/C106H208N2O12Si2/c1-13-17-21-25-29-33-37-41-45-49-53-57-61-65-71-79-93-113-101(99-105(5,6)103(111)115-95-81-73-67-63-59-55-51-47-43-39-35-31-27-23-19-15-3)119-121(9,10)117-97-83-75-69-77-85-107(89-91-109)87-88-108(90-92-110)86-78-70-76-84-98-118-122(11,12)120-102(114-94-80-72-66-62-58-54-50-46-42-38-34-30-26-22-18-14-2)100-106(7,8)104(112)116-96-82-74-68-64-60-56-52-48-44-40-36-32-28-24-20-16-4/h41-48,101-102,109-110H,13-40,49-100H2,1-12H3/b45-41-,46-42-,47-43-,48-44-. The number of carbonyl (C=O) groups is 2. The fraction of sp³-hybridized carbons (Fsp3) is 0.906. The van der Waals surface area contributed by atoms with Crippen molar-refractivity contribution < 1.29 is 56.5 Å². The largest absolute Gasteiger partial charge is 0.465 e. The second-order valence-electron chi connectivity index (χ2n) is 38.5. The van der Waals surface area contributed by atoms with Gasteiger partial charge in [0.25, 0.3) is 0 Å². The van der Waals surface area contributed by atoms with Gasteiger partial charge in [-0.1, -0.05) is 333 Å². The molecule has 722 valence electrons. The normalized spacial score (nSPS) is 13.2. The number of nitrogens with zero attached hydrogens (tertiary/aromatic N) is 2. The van der Waals surface area contributed by atoms with Crippen molar-refractivity contribution in [1.82, 2.24) is 9.80 Å². The minimum atomic E-state index is -2.64. The average molecular weight is 1760 g/mol. The number of allylic oxidation sites excluding steroid dienone is 8. The van der Waals surface area contributed by atoms with E-state index >= 15 is 0 Å². The van der Waals surface area contributed by atoms with Crippen molar-refractivity contribution in [1.29, 1.82) is 0 Å². The molecule has 2 N–H and O–H groups in total. The van der Waals surface area contributed by atoms with Crippen molar-refractivity contribution in [2.45, 2.75) is 518 Å². The first-order valence-electron chi connectivity index (χ1n) is 52.8. The van der Waals surface area contributed by atoms with Gasteiger partial charge in [-0.2, -0.15) is 0 Å². The van der Waals surface area contributed by atoms with Crippen molar-refractivity contribution in [2.24, 2.45) is 10.8 Å². The fourth-order valence-corrected chi connectivity index (χ4v) is 19.0. The predicted molar refractivity (Wildman–Crippen MR) is 529 cm³/mol. The molecule has 16 heteroatoms. The molecule has 2 atom stereocenters. The highest BCUT2D eigenvalue weighted by atomic mass is 28.4. The van der Waals surface area contributed by atoms with E-state index in [4.69, 9.17) is 36.7 Å². The monoisotopic (exact) mass is 1760 g/mol. The van der Waals surface area contributed by atoms with E-state index in [0.717, 1.165) is 129 Å². The van der Waals surface area contributed by atoms with Gasteiger partial charge >= 0.3 is 29.1 Å². The van der Waals surface area contributed by atoms with Crippen LogP contribution in [-0.4, -0.2) is 154 Å². The number of aliphatic hydroxyl groups is 2. The summed E-state index contributed by atoms with van der Waals surface area (Å²) in [5.74, 6) is -0.370. The predicted octanol–water partition coefficient (Wildman–Crippen LogP) is 30.9. The Morgan fingerprint density at radius 3 is 0.713 bits per heavy atom. The highest BCUT2D eigenvalue weighted by Crippen LogP contribution is 2.32. The summed E-state index contributed by atoms with van der Waals surface area (Å²) in [4.78, 5) is 32.1. The second kappa shape index (κ2) is 89.5. The minimum absolute atomic E-state index is 0.121. The second-order valence-corrected chi connectivity index (χ2v) is 45.1. The summed E-state index contributed by atoms with van der Waals surface area (Å²) in [5.41, 5.74) is -1.54. The van der Waals surface area contributed by atoms with E-state index in [1.54, 1.807) is 0 Å². The number of carbonyl (C=O) groups excluding carboxylic acids is 2. The molecule has 0 aliphatic heterocycles. The summed E-state index contributed by atoms with van der Waals surface area (Å²) in [6, 6.07) is 0. The topological polar surface area (TPSA) is 155 Å². The highest BCUT2D eigenvalue weighted by Gasteiger charge is 2.39. The molecule has 14 nitrogen and oxygen atoms in total. The molecule has 0 radical (unpaired) electrons. The van der Waals surface area contributed by atoms with Gasteiger partial charge in [-0.15, -0.1) is 0 Å². The van der Waals surface area contributed by atoms with E-state index in [1.807, 2.05) is 27.7 Å². The van der Waals surface area contributed by atoms with E-state index < -0.39 is 40.5 Å². The molecule has 0 fully saturated rings. The number of hydrogen-bond acceptors (Lipinski definition) is 14. The van der Waals surface area contributed by atoms with Crippen molar-refractivity contribution in [3.05, 3.63) is 48.6 Å². The molecular formula is C106H208N2O12Si2. The van der Waals surface area contributed by atoms with Gasteiger partial charge in [0.15, 0.2) is 12.6 Å². The number of ether oxygens (including phenoxy) is 4. The SMILES string of the molecule is CCCCCCCC/C=C\CCCCCCCCOC(=O)C(C)(C)CC(OCCCCCCCC/C=C\CCCCCCCC)O[Si](C)(C)OCCCCCCN(CCO)CCN(CCO)CCCCCCO[Si](C)(C)OC(CC(C)(C)C(=O)OCCCCCCCC/C=C\CCCCCCCC)OCCCCCCCC/C=C\CCCCCCCC. The van der Waals surface area contributed by atoms with E-state index in [1.165, 1.54) is 308 Å². The van der Waals surface area contributed by atoms with E-state index in [2.05, 4.69) is 112 Å². The molecule has 0 aliphatic rings. The summed E-state index contributed by atoms with van der Waals surface area (Å²) in [6.45, 7) is 33.8. The van der Waals surface area contributed by atoms with Crippen LogP contribution in [0.1, 0.15) is 479 Å². The zero-order valence-corrected chi connectivity index (χ0v) is 85.2. The molecule has 0 rings (SSSR count).